The molecule has 1 aromatic heterocycles. The molecule has 0 aliphatic carbocycles. The van der Waals surface area contributed by atoms with E-state index < -0.39 is 7.60 Å². The van der Waals surface area contributed by atoms with Crippen LogP contribution in [0, 0.1) is 0 Å². The van der Waals surface area contributed by atoms with Gasteiger partial charge in [0.2, 0.25) is 0 Å². The molecule has 2 aromatic rings. The van der Waals surface area contributed by atoms with Crippen LogP contribution in [0.4, 0.5) is 0 Å². The number of halogens is 1. The van der Waals surface area contributed by atoms with Gasteiger partial charge in [0, 0.05) is 9.72 Å². The van der Waals surface area contributed by atoms with Crippen LogP contribution in [-0.4, -0.2) is 13.2 Å². The van der Waals surface area contributed by atoms with E-state index in [1.54, 1.807) is 11.3 Å². The summed E-state index contributed by atoms with van der Waals surface area (Å²) in [6.45, 7) is 1.03. The zero-order chi connectivity index (χ0) is 12.6. The van der Waals surface area contributed by atoms with Crippen molar-refractivity contribution in [3.05, 3.63) is 34.2 Å². The summed E-state index contributed by atoms with van der Waals surface area (Å²) < 4.78 is 24.1. The van der Waals surface area contributed by atoms with E-state index in [2.05, 4.69) is 0 Å². The van der Waals surface area contributed by atoms with E-state index in [1.807, 2.05) is 23.6 Å². The van der Waals surface area contributed by atoms with Crippen molar-refractivity contribution in [2.75, 3.05) is 13.2 Å². The fourth-order valence-corrected chi connectivity index (χ4v) is 4.97. The maximum absolute atomic E-state index is 12.4. The Morgan fingerprint density at radius 2 is 2.11 bits per heavy atom. The first-order valence-electron chi connectivity index (χ1n) is 5.70. The normalized spacial score (nSPS) is 19.2. The predicted octanol–water partition coefficient (Wildman–Crippen LogP) is 4.68. The largest absolute Gasteiger partial charge is 0.335 e. The van der Waals surface area contributed by atoms with Crippen molar-refractivity contribution in [2.45, 2.75) is 12.6 Å². The molecule has 1 aliphatic heterocycles. The van der Waals surface area contributed by atoms with E-state index in [-0.39, 0.29) is 0 Å². The first kappa shape index (κ1) is 12.6. The van der Waals surface area contributed by atoms with Crippen molar-refractivity contribution < 1.29 is 13.6 Å². The molecule has 1 aliphatic rings. The monoisotopic (exact) mass is 302 g/mol. The molecule has 1 fully saturated rings. The molecule has 96 valence electrons. The fraction of sp³-hybridized carbons (Fsp3) is 0.333. The Morgan fingerprint density at radius 3 is 2.89 bits per heavy atom. The number of benzene rings is 1. The van der Waals surface area contributed by atoms with Gasteiger partial charge in [-0.3, -0.25) is 4.57 Å². The van der Waals surface area contributed by atoms with E-state index in [4.69, 9.17) is 20.6 Å². The van der Waals surface area contributed by atoms with Gasteiger partial charge in [0.05, 0.1) is 19.4 Å². The minimum Gasteiger partial charge on any atom is -0.308 e. The highest BCUT2D eigenvalue weighted by atomic mass is 35.5. The van der Waals surface area contributed by atoms with Gasteiger partial charge < -0.3 is 9.05 Å². The first-order chi connectivity index (χ1) is 8.66. The Kier molecular flexibility index (Phi) is 3.48. The lowest BCUT2D eigenvalue weighted by molar-refractivity contribution is 0.145. The van der Waals surface area contributed by atoms with Crippen LogP contribution in [-0.2, 0) is 19.8 Å². The van der Waals surface area contributed by atoms with Crippen LogP contribution in [0.5, 0.6) is 0 Å². The summed E-state index contributed by atoms with van der Waals surface area (Å²) in [7, 11) is -2.96. The molecule has 3 nitrogen and oxygen atoms in total. The molecule has 1 saturated heterocycles. The molecule has 0 unspecified atom stereocenters. The van der Waals surface area contributed by atoms with Crippen molar-refractivity contribution in [2.24, 2.45) is 0 Å². The van der Waals surface area contributed by atoms with Crippen LogP contribution < -0.4 is 0 Å². The molecular weight excluding hydrogens is 291 g/mol. The van der Waals surface area contributed by atoms with Gasteiger partial charge in [-0.15, -0.1) is 11.3 Å². The minimum atomic E-state index is -2.96. The number of hydrogen-bond donors (Lipinski definition) is 0. The van der Waals surface area contributed by atoms with Crippen LogP contribution in [0.15, 0.2) is 23.6 Å². The third-order valence-corrected chi connectivity index (χ3v) is 5.97. The number of thiophene rings is 1. The van der Waals surface area contributed by atoms with Gasteiger partial charge in [0.1, 0.15) is 0 Å². The average Bonchev–Trinajstić information content (AvgIpc) is 2.72. The van der Waals surface area contributed by atoms with Gasteiger partial charge in [-0.05, 0) is 40.9 Å². The molecule has 0 atom stereocenters. The zero-order valence-corrected chi connectivity index (χ0v) is 12.1. The highest BCUT2D eigenvalue weighted by Gasteiger charge is 2.29. The van der Waals surface area contributed by atoms with Crippen LogP contribution >= 0.6 is 30.5 Å². The Labute approximate surface area is 114 Å². The minimum absolute atomic E-state index is 0.327. The van der Waals surface area contributed by atoms with Gasteiger partial charge in [-0.2, -0.15) is 0 Å². The van der Waals surface area contributed by atoms with E-state index in [0.717, 1.165) is 22.1 Å². The van der Waals surface area contributed by atoms with Gasteiger partial charge in [0.15, 0.2) is 0 Å². The average molecular weight is 303 g/mol. The molecule has 0 saturated carbocycles. The molecule has 18 heavy (non-hydrogen) atoms. The summed E-state index contributed by atoms with van der Waals surface area (Å²) in [6.07, 6.45) is 1.13. The predicted molar refractivity (Wildman–Crippen MR) is 74.7 cm³/mol. The molecule has 0 spiro atoms. The molecule has 3 rings (SSSR count). The third kappa shape index (κ3) is 2.49. The van der Waals surface area contributed by atoms with Crippen molar-refractivity contribution in [1.29, 1.82) is 0 Å². The van der Waals surface area contributed by atoms with E-state index in [1.165, 1.54) is 0 Å². The zero-order valence-electron chi connectivity index (χ0n) is 9.60. The lowest BCUT2D eigenvalue weighted by Crippen LogP contribution is -2.09. The summed E-state index contributed by atoms with van der Waals surface area (Å²) in [5.41, 5.74) is 0.989. The van der Waals surface area contributed by atoms with Crippen molar-refractivity contribution >= 4 is 40.6 Å². The molecule has 0 N–H and O–H groups in total. The first-order valence-corrected chi connectivity index (χ1v) is 8.69. The van der Waals surface area contributed by atoms with Crippen LogP contribution in [0.25, 0.3) is 10.1 Å². The molecule has 0 bridgehead atoms. The second-order valence-corrected chi connectivity index (χ2v) is 7.59. The van der Waals surface area contributed by atoms with E-state index in [0.29, 0.717) is 24.4 Å². The Bertz CT molecular complexity index is 615. The van der Waals surface area contributed by atoms with Crippen molar-refractivity contribution in [3.8, 4) is 0 Å². The number of fused-ring (bicyclic) bond motifs is 1. The van der Waals surface area contributed by atoms with Gasteiger partial charge in [0.25, 0.3) is 0 Å². The maximum atomic E-state index is 12.4. The Hall–Kier alpha value is -0.380. The van der Waals surface area contributed by atoms with Crippen molar-refractivity contribution in [3.63, 3.8) is 0 Å². The lowest BCUT2D eigenvalue weighted by Gasteiger charge is -2.22. The van der Waals surface area contributed by atoms with Crippen LogP contribution in [0.2, 0.25) is 5.02 Å². The topological polar surface area (TPSA) is 35.5 Å². The smallest absolute Gasteiger partial charge is 0.308 e. The maximum Gasteiger partial charge on any atom is 0.335 e. The van der Waals surface area contributed by atoms with E-state index in [9.17, 15) is 4.57 Å². The van der Waals surface area contributed by atoms with Crippen LogP contribution in [0.3, 0.4) is 0 Å². The second kappa shape index (κ2) is 4.95. The Balaban J connectivity index is 1.94. The van der Waals surface area contributed by atoms with E-state index >= 15 is 0 Å². The summed E-state index contributed by atoms with van der Waals surface area (Å²) in [5.74, 6) is 0. The Morgan fingerprint density at radius 1 is 1.33 bits per heavy atom. The molecule has 6 heteroatoms. The molecular formula is C12H12ClO3PS. The third-order valence-electron chi connectivity index (χ3n) is 2.84. The SMILES string of the molecule is O=P1(Cc2csc3ccc(Cl)cc23)OCCCO1. The van der Waals surface area contributed by atoms with Crippen LogP contribution in [0.1, 0.15) is 12.0 Å². The summed E-state index contributed by atoms with van der Waals surface area (Å²) in [4.78, 5) is 0. The second-order valence-electron chi connectivity index (χ2n) is 4.19. The highest BCUT2D eigenvalue weighted by Crippen LogP contribution is 2.54. The quantitative estimate of drug-likeness (QED) is 0.755. The highest BCUT2D eigenvalue weighted by molar-refractivity contribution is 7.53. The lowest BCUT2D eigenvalue weighted by atomic mass is 10.2. The number of hydrogen-bond acceptors (Lipinski definition) is 4. The van der Waals surface area contributed by atoms with Gasteiger partial charge >= 0.3 is 7.60 Å². The van der Waals surface area contributed by atoms with Gasteiger partial charge in [-0.1, -0.05) is 11.6 Å². The fourth-order valence-electron chi connectivity index (χ4n) is 1.98. The van der Waals surface area contributed by atoms with Crippen molar-refractivity contribution in [1.82, 2.24) is 0 Å². The number of rotatable bonds is 2. The summed E-state index contributed by atoms with van der Waals surface area (Å²) >= 11 is 7.62. The molecule has 0 radical (unpaired) electrons. The molecule has 1 aromatic carbocycles. The summed E-state index contributed by atoms with van der Waals surface area (Å²) in [5, 5.41) is 3.73. The standard InChI is InChI=1S/C12H12ClO3PS/c13-10-2-3-12-11(6-10)9(8-18-12)7-17(14)15-4-1-5-16-17/h2-3,6,8H,1,4-5,7H2. The summed E-state index contributed by atoms with van der Waals surface area (Å²) in [6, 6.07) is 5.74. The molecule has 2 heterocycles. The molecule has 0 amide bonds. The van der Waals surface area contributed by atoms with Gasteiger partial charge in [-0.25, -0.2) is 0 Å².